The molecule has 0 aliphatic heterocycles. The third-order valence-corrected chi connectivity index (χ3v) is 2.76. The molecule has 1 amide bonds. The highest BCUT2D eigenvalue weighted by atomic mass is 16.7. The Morgan fingerprint density at radius 3 is 2.68 bits per heavy atom. The Morgan fingerprint density at radius 1 is 1.26 bits per heavy atom. The van der Waals surface area contributed by atoms with Crippen LogP contribution in [0.4, 0.5) is 0 Å². The van der Waals surface area contributed by atoms with E-state index in [0.717, 1.165) is 16.5 Å². The van der Waals surface area contributed by atoms with Crippen LogP contribution in [0.5, 0.6) is 0 Å². The SMILES string of the molecule is CC(=O)NCCc1cn(OC(C)=O)c2ccccc12. The van der Waals surface area contributed by atoms with Crippen molar-refractivity contribution < 1.29 is 14.4 Å². The molecule has 1 aromatic heterocycles. The molecule has 0 unspecified atom stereocenters. The summed E-state index contributed by atoms with van der Waals surface area (Å²) in [6, 6.07) is 7.68. The molecule has 1 N–H and O–H groups in total. The molecule has 2 rings (SSSR count). The van der Waals surface area contributed by atoms with Crippen LogP contribution in [0.3, 0.4) is 0 Å². The molecule has 0 saturated carbocycles. The Morgan fingerprint density at radius 2 is 2.00 bits per heavy atom. The fourth-order valence-corrected chi connectivity index (χ4v) is 2.00. The van der Waals surface area contributed by atoms with Crippen molar-refractivity contribution in [1.29, 1.82) is 0 Å². The van der Waals surface area contributed by atoms with Crippen molar-refractivity contribution in [1.82, 2.24) is 10.0 Å². The standard InChI is InChI=1S/C14H16N2O3/c1-10(17)15-8-7-12-9-16(19-11(2)18)14-6-4-3-5-13(12)14/h3-6,9H,7-8H2,1-2H3,(H,15,17). The molecule has 2 aromatic rings. The topological polar surface area (TPSA) is 60.3 Å². The number of nitrogens with zero attached hydrogens (tertiary/aromatic N) is 1. The van der Waals surface area contributed by atoms with Crippen LogP contribution in [0.25, 0.3) is 10.9 Å². The van der Waals surface area contributed by atoms with Gasteiger partial charge in [0.05, 0.1) is 5.52 Å². The molecule has 100 valence electrons. The van der Waals surface area contributed by atoms with E-state index in [-0.39, 0.29) is 11.9 Å². The van der Waals surface area contributed by atoms with Gasteiger partial charge in [-0.05, 0) is 18.1 Å². The van der Waals surface area contributed by atoms with Crippen molar-refractivity contribution in [3.63, 3.8) is 0 Å². The molecule has 5 heteroatoms. The summed E-state index contributed by atoms with van der Waals surface area (Å²) in [5, 5.41) is 3.78. The number of para-hydroxylation sites is 1. The van der Waals surface area contributed by atoms with Crippen molar-refractivity contribution in [3.8, 4) is 0 Å². The Kier molecular flexibility index (Phi) is 3.85. The maximum absolute atomic E-state index is 11.1. The van der Waals surface area contributed by atoms with Crippen molar-refractivity contribution in [2.24, 2.45) is 0 Å². The van der Waals surface area contributed by atoms with E-state index in [1.807, 2.05) is 24.3 Å². The zero-order chi connectivity index (χ0) is 13.8. The number of amides is 1. The first-order valence-electron chi connectivity index (χ1n) is 6.10. The lowest BCUT2D eigenvalue weighted by Gasteiger charge is -2.02. The monoisotopic (exact) mass is 260 g/mol. The second-order valence-corrected chi connectivity index (χ2v) is 4.31. The van der Waals surface area contributed by atoms with Crippen LogP contribution in [0.2, 0.25) is 0 Å². The van der Waals surface area contributed by atoms with E-state index in [1.54, 1.807) is 6.20 Å². The molecule has 0 aliphatic rings. The molecule has 0 aliphatic carbocycles. The van der Waals surface area contributed by atoms with Crippen LogP contribution >= 0.6 is 0 Å². The number of hydrogen-bond acceptors (Lipinski definition) is 3. The number of carbonyl (C=O) groups excluding carboxylic acids is 2. The minimum absolute atomic E-state index is 0.0521. The van der Waals surface area contributed by atoms with Crippen molar-refractivity contribution in [2.75, 3.05) is 6.54 Å². The Balaban J connectivity index is 2.27. The van der Waals surface area contributed by atoms with Gasteiger partial charge in [-0.1, -0.05) is 18.2 Å². The molecular weight excluding hydrogens is 244 g/mol. The lowest BCUT2D eigenvalue weighted by Crippen LogP contribution is -2.22. The molecule has 5 nitrogen and oxygen atoms in total. The van der Waals surface area contributed by atoms with E-state index in [4.69, 9.17) is 4.84 Å². The normalized spacial score (nSPS) is 10.4. The van der Waals surface area contributed by atoms with E-state index in [9.17, 15) is 9.59 Å². The van der Waals surface area contributed by atoms with E-state index >= 15 is 0 Å². The number of carbonyl (C=O) groups is 2. The highest BCUT2D eigenvalue weighted by Crippen LogP contribution is 2.20. The molecule has 0 saturated heterocycles. The van der Waals surface area contributed by atoms with Gasteiger partial charge >= 0.3 is 5.97 Å². The predicted molar refractivity (Wildman–Crippen MR) is 71.6 cm³/mol. The summed E-state index contributed by atoms with van der Waals surface area (Å²) in [4.78, 5) is 27.1. The molecule has 1 heterocycles. The summed E-state index contributed by atoms with van der Waals surface area (Å²) in [5.41, 5.74) is 1.88. The zero-order valence-electron chi connectivity index (χ0n) is 11.0. The Hall–Kier alpha value is -2.30. The molecule has 0 radical (unpaired) electrons. The molecule has 0 bridgehead atoms. The summed E-state index contributed by atoms with van der Waals surface area (Å²) in [6.07, 6.45) is 2.47. The van der Waals surface area contributed by atoms with Crippen LogP contribution in [-0.4, -0.2) is 23.2 Å². The van der Waals surface area contributed by atoms with Gasteiger partial charge in [0.1, 0.15) is 0 Å². The highest BCUT2D eigenvalue weighted by Gasteiger charge is 2.10. The van der Waals surface area contributed by atoms with E-state index < -0.39 is 0 Å². The predicted octanol–water partition coefficient (Wildman–Crippen LogP) is 1.29. The zero-order valence-corrected chi connectivity index (χ0v) is 11.0. The fourth-order valence-electron chi connectivity index (χ4n) is 2.00. The van der Waals surface area contributed by atoms with Gasteiger partial charge < -0.3 is 10.2 Å². The summed E-state index contributed by atoms with van der Waals surface area (Å²) < 4.78 is 1.47. The molecule has 19 heavy (non-hydrogen) atoms. The van der Waals surface area contributed by atoms with Gasteiger partial charge in [-0.15, -0.1) is 0 Å². The van der Waals surface area contributed by atoms with Crippen LogP contribution in [-0.2, 0) is 16.0 Å². The molecule has 0 fully saturated rings. The van der Waals surface area contributed by atoms with Crippen molar-refractivity contribution >= 4 is 22.8 Å². The highest BCUT2D eigenvalue weighted by molar-refractivity contribution is 5.84. The summed E-state index contributed by atoms with van der Waals surface area (Å²) in [7, 11) is 0. The average Bonchev–Trinajstić information content (AvgIpc) is 2.67. The largest absolute Gasteiger partial charge is 0.356 e. The first-order chi connectivity index (χ1) is 9.08. The minimum Gasteiger partial charge on any atom is -0.356 e. The third kappa shape index (κ3) is 3.13. The number of hydrogen-bond donors (Lipinski definition) is 1. The van der Waals surface area contributed by atoms with Gasteiger partial charge in [0.25, 0.3) is 0 Å². The molecule has 0 atom stereocenters. The molecule has 0 spiro atoms. The first kappa shape index (κ1) is 13.1. The van der Waals surface area contributed by atoms with Gasteiger partial charge in [0.15, 0.2) is 0 Å². The number of nitrogens with one attached hydrogen (secondary N) is 1. The van der Waals surface area contributed by atoms with Crippen LogP contribution < -0.4 is 10.2 Å². The van der Waals surface area contributed by atoms with Gasteiger partial charge in [-0.25, -0.2) is 4.79 Å². The summed E-state index contributed by atoms with van der Waals surface area (Å²) >= 11 is 0. The Bertz CT molecular complexity index is 616. The van der Waals surface area contributed by atoms with Gasteiger partial charge in [0.2, 0.25) is 5.91 Å². The van der Waals surface area contributed by atoms with Gasteiger partial charge in [-0.2, -0.15) is 4.73 Å². The second kappa shape index (κ2) is 5.56. The average molecular weight is 260 g/mol. The maximum atomic E-state index is 11.1. The fraction of sp³-hybridized carbons (Fsp3) is 0.286. The number of fused-ring (bicyclic) bond motifs is 1. The number of benzene rings is 1. The first-order valence-corrected chi connectivity index (χ1v) is 6.10. The van der Waals surface area contributed by atoms with E-state index in [0.29, 0.717) is 13.0 Å². The quantitative estimate of drug-likeness (QED) is 0.901. The van der Waals surface area contributed by atoms with E-state index in [1.165, 1.54) is 18.6 Å². The summed E-state index contributed by atoms with van der Waals surface area (Å²) in [6.45, 7) is 3.41. The lowest BCUT2D eigenvalue weighted by molar-refractivity contribution is -0.140. The van der Waals surface area contributed by atoms with E-state index in [2.05, 4.69) is 5.32 Å². The third-order valence-electron chi connectivity index (χ3n) is 2.76. The minimum atomic E-state index is -0.367. The number of aromatic nitrogens is 1. The smallest absolute Gasteiger partial charge is 0.329 e. The summed E-state index contributed by atoms with van der Waals surface area (Å²) in [5.74, 6) is -0.419. The van der Waals surface area contributed by atoms with Crippen LogP contribution in [0.1, 0.15) is 19.4 Å². The van der Waals surface area contributed by atoms with Crippen LogP contribution in [0.15, 0.2) is 30.5 Å². The number of rotatable bonds is 4. The van der Waals surface area contributed by atoms with Gasteiger partial charge in [-0.3, -0.25) is 4.79 Å². The van der Waals surface area contributed by atoms with Gasteiger partial charge in [0, 0.05) is 32.0 Å². The van der Waals surface area contributed by atoms with Crippen molar-refractivity contribution in [2.45, 2.75) is 20.3 Å². The lowest BCUT2D eigenvalue weighted by atomic mass is 10.1. The molecule has 1 aromatic carbocycles. The second-order valence-electron chi connectivity index (χ2n) is 4.31. The Labute approximate surface area is 111 Å². The van der Waals surface area contributed by atoms with Crippen molar-refractivity contribution in [3.05, 3.63) is 36.0 Å². The maximum Gasteiger partial charge on any atom is 0.329 e. The molecular formula is C14H16N2O3. The van der Waals surface area contributed by atoms with Crippen LogP contribution in [0, 0.1) is 0 Å².